The van der Waals surface area contributed by atoms with Gasteiger partial charge >= 0.3 is 0 Å². The SMILES string of the molecule is CCOc1cccc(C2C3=CCC4C(=O)N(c5ccc(C(C)=O)cc5)C(=O)C4C3CC3C(=O)N(c4ccc(F)c(Cl)c4)C(=O)C32C)c1O. The molecule has 6 unspecified atom stereocenters. The van der Waals surface area contributed by atoms with E-state index in [2.05, 4.69) is 0 Å². The molecule has 6 atom stereocenters. The van der Waals surface area contributed by atoms with Crippen molar-refractivity contribution in [1.82, 2.24) is 0 Å². The standard InChI is InChI=1S/C37H32ClFN2O7/c1-4-48-29-7-5-6-24(32(29)43)31-22-13-14-23-30(35(46)40(33(23)44)20-10-8-19(9-11-20)18(2)42)25(22)17-26-34(45)41(36(47)37(26,31)3)21-12-15-28(39)27(38)16-21/h5-13,15-16,23,25-26,30-31,43H,4,14,17H2,1-3H3. The molecule has 0 spiro atoms. The lowest BCUT2D eigenvalue weighted by molar-refractivity contribution is -0.131. The number of hydrogen-bond acceptors (Lipinski definition) is 7. The predicted octanol–water partition coefficient (Wildman–Crippen LogP) is 6.22. The number of phenols is 1. The molecule has 48 heavy (non-hydrogen) atoms. The van der Waals surface area contributed by atoms with Gasteiger partial charge in [-0.15, -0.1) is 0 Å². The molecular formula is C37H32ClFN2O7. The maximum absolute atomic E-state index is 14.6. The van der Waals surface area contributed by atoms with E-state index in [1.54, 1.807) is 56.3 Å². The average molecular weight is 671 g/mol. The van der Waals surface area contributed by atoms with E-state index >= 15 is 0 Å². The summed E-state index contributed by atoms with van der Waals surface area (Å²) in [7, 11) is 0. The van der Waals surface area contributed by atoms with Crippen molar-refractivity contribution in [3.63, 3.8) is 0 Å². The topological polar surface area (TPSA) is 121 Å². The lowest BCUT2D eigenvalue weighted by Gasteiger charge is -2.49. The number of Topliss-reactive ketones (excluding diaryl/α,β-unsaturated/α-hetero) is 1. The van der Waals surface area contributed by atoms with E-state index in [4.69, 9.17) is 16.3 Å². The third-order valence-corrected chi connectivity index (χ3v) is 10.9. The molecule has 246 valence electrons. The molecule has 0 bridgehead atoms. The van der Waals surface area contributed by atoms with Crippen molar-refractivity contribution >= 4 is 52.4 Å². The molecule has 2 heterocycles. The second-order valence-electron chi connectivity index (χ2n) is 13.0. The summed E-state index contributed by atoms with van der Waals surface area (Å²) in [6.45, 7) is 5.16. The van der Waals surface area contributed by atoms with Crippen molar-refractivity contribution in [3.8, 4) is 11.5 Å². The largest absolute Gasteiger partial charge is 0.504 e. The monoisotopic (exact) mass is 670 g/mol. The van der Waals surface area contributed by atoms with Gasteiger partial charge in [0.1, 0.15) is 5.82 Å². The molecule has 3 aromatic carbocycles. The fourth-order valence-corrected chi connectivity index (χ4v) is 8.55. The number of allylic oxidation sites excluding steroid dienone is 2. The van der Waals surface area contributed by atoms with Crippen LogP contribution in [0.15, 0.2) is 72.3 Å². The molecular weight excluding hydrogens is 639 g/mol. The first-order valence-electron chi connectivity index (χ1n) is 15.9. The summed E-state index contributed by atoms with van der Waals surface area (Å²) in [5.41, 5.74) is 0.519. The number of ketones is 1. The van der Waals surface area contributed by atoms with E-state index in [0.29, 0.717) is 22.4 Å². The van der Waals surface area contributed by atoms with E-state index in [9.17, 15) is 33.5 Å². The molecule has 3 aromatic rings. The summed E-state index contributed by atoms with van der Waals surface area (Å²) >= 11 is 6.07. The van der Waals surface area contributed by atoms with Crippen molar-refractivity contribution in [3.05, 3.63) is 94.3 Å². The average Bonchev–Trinajstić information content (AvgIpc) is 3.43. The van der Waals surface area contributed by atoms with E-state index in [0.717, 1.165) is 15.9 Å². The van der Waals surface area contributed by atoms with Crippen LogP contribution in [-0.4, -0.2) is 41.1 Å². The molecule has 9 nitrogen and oxygen atoms in total. The number of anilines is 2. The maximum atomic E-state index is 14.6. The number of hydrogen-bond donors (Lipinski definition) is 1. The number of halogens is 2. The van der Waals surface area contributed by atoms with E-state index in [1.165, 1.54) is 19.1 Å². The van der Waals surface area contributed by atoms with Crippen LogP contribution in [-0.2, 0) is 19.2 Å². The van der Waals surface area contributed by atoms with Crippen molar-refractivity contribution in [2.45, 2.75) is 39.5 Å². The first kappa shape index (κ1) is 31.8. The van der Waals surface area contributed by atoms with Gasteiger partial charge in [0, 0.05) is 17.0 Å². The molecule has 2 aliphatic heterocycles. The highest BCUT2D eigenvalue weighted by Crippen LogP contribution is 2.65. The number of ether oxygens (including phenoxy) is 1. The Kier molecular flexibility index (Phi) is 7.54. The first-order chi connectivity index (χ1) is 22.9. The third kappa shape index (κ3) is 4.45. The summed E-state index contributed by atoms with van der Waals surface area (Å²) in [6, 6.07) is 14.9. The fraction of sp³-hybridized carbons (Fsp3) is 0.324. The van der Waals surface area contributed by atoms with Crippen LogP contribution in [0.5, 0.6) is 11.5 Å². The number of phenolic OH excluding ortho intramolecular Hbond substituents is 1. The van der Waals surface area contributed by atoms with Crippen LogP contribution < -0.4 is 14.5 Å². The minimum absolute atomic E-state index is 0.0953. The Balaban J connectivity index is 1.36. The lowest BCUT2D eigenvalue weighted by atomic mass is 9.51. The minimum Gasteiger partial charge on any atom is -0.504 e. The van der Waals surface area contributed by atoms with Gasteiger partial charge in [0.15, 0.2) is 17.3 Å². The number of imide groups is 2. The Morgan fingerprint density at radius 2 is 1.69 bits per heavy atom. The fourth-order valence-electron chi connectivity index (χ4n) is 8.37. The number of amides is 4. The number of aromatic hydroxyl groups is 1. The second kappa shape index (κ2) is 11.4. The molecule has 11 heteroatoms. The Morgan fingerprint density at radius 1 is 0.979 bits per heavy atom. The van der Waals surface area contributed by atoms with Crippen molar-refractivity contribution in [2.24, 2.45) is 29.1 Å². The van der Waals surface area contributed by atoms with Crippen molar-refractivity contribution in [1.29, 1.82) is 0 Å². The lowest BCUT2D eigenvalue weighted by Crippen LogP contribution is -2.48. The zero-order valence-corrected chi connectivity index (χ0v) is 27.2. The minimum atomic E-state index is -1.43. The summed E-state index contributed by atoms with van der Waals surface area (Å²) in [4.78, 5) is 71.1. The van der Waals surface area contributed by atoms with Crippen LogP contribution in [0.3, 0.4) is 0 Å². The Labute approximate surface area is 280 Å². The Hall–Kier alpha value is -4.83. The summed E-state index contributed by atoms with van der Waals surface area (Å²) in [5, 5.41) is 11.3. The number of carbonyl (C=O) groups excluding carboxylic acids is 5. The molecule has 2 saturated heterocycles. The van der Waals surface area contributed by atoms with Gasteiger partial charge in [-0.25, -0.2) is 9.29 Å². The number of para-hydroxylation sites is 1. The number of benzene rings is 3. The van der Waals surface area contributed by atoms with Gasteiger partial charge in [0.25, 0.3) is 0 Å². The summed E-state index contributed by atoms with van der Waals surface area (Å²) < 4.78 is 19.8. The van der Waals surface area contributed by atoms with Gasteiger partial charge in [-0.1, -0.05) is 35.4 Å². The van der Waals surface area contributed by atoms with Gasteiger partial charge in [0.05, 0.1) is 46.2 Å². The number of rotatable bonds is 6. The molecule has 1 N–H and O–H groups in total. The molecule has 1 saturated carbocycles. The number of nitrogens with zero attached hydrogens (tertiary/aromatic N) is 2. The highest BCUT2D eigenvalue weighted by Gasteiger charge is 2.68. The van der Waals surface area contributed by atoms with E-state index < -0.39 is 58.5 Å². The van der Waals surface area contributed by atoms with E-state index in [1.807, 2.05) is 6.08 Å². The second-order valence-corrected chi connectivity index (χ2v) is 13.4. The smallest absolute Gasteiger partial charge is 0.241 e. The van der Waals surface area contributed by atoms with Gasteiger partial charge < -0.3 is 9.84 Å². The van der Waals surface area contributed by atoms with Crippen LogP contribution in [0, 0.1) is 34.9 Å². The summed E-state index contributed by atoms with van der Waals surface area (Å²) in [6.07, 6.45) is 2.19. The van der Waals surface area contributed by atoms with Gasteiger partial charge in [-0.05, 0) is 88.1 Å². The van der Waals surface area contributed by atoms with Crippen LogP contribution in [0.25, 0.3) is 0 Å². The molecule has 3 fully saturated rings. The highest BCUT2D eigenvalue weighted by molar-refractivity contribution is 6.32. The van der Waals surface area contributed by atoms with Crippen molar-refractivity contribution in [2.75, 3.05) is 16.4 Å². The maximum Gasteiger partial charge on any atom is 0.241 e. The van der Waals surface area contributed by atoms with E-state index in [-0.39, 0.29) is 53.3 Å². The third-order valence-electron chi connectivity index (χ3n) is 10.6. The molecule has 2 aliphatic carbocycles. The number of carbonyl (C=O) groups is 5. The van der Waals surface area contributed by atoms with Gasteiger partial charge in [-0.3, -0.25) is 28.9 Å². The zero-order chi connectivity index (χ0) is 34.2. The first-order valence-corrected chi connectivity index (χ1v) is 16.2. The van der Waals surface area contributed by atoms with Gasteiger partial charge in [-0.2, -0.15) is 0 Å². The number of fused-ring (bicyclic) bond motifs is 4. The highest BCUT2D eigenvalue weighted by atomic mass is 35.5. The molecule has 0 aromatic heterocycles. The quantitative estimate of drug-likeness (QED) is 0.188. The Bertz CT molecular complexity index is 1960. The molecule has 4 aliphatic rings. The van der Waals surface area contributed by atoms with Crippen LogP contribution in [0.4, 0.5) is 15.8 Å². The Morgan fingerprint density at radius 3 is 2.35 bits per heavy atom. The van der Waals surface area contributed by atoms with Gasteiger partial charge in [0.2, 0.25) is 23.6 Å². The molecule has 7 rings (SSSR count). The van der Waals surface area contributed by atoms with Crippen LogP contribution in [0.2, 0.25) is 5.02 Å². The molecule has 4 amide bonds. The van der Waals surface area contributed by atoms with Crippen molar-refractivity contribution < 1.29 is 38.2 Å². The molecule has 0 radical (unpaired) electrons. The predicted molar refractivity (Wildman–Crippen MR) is 174 cm³/mol. The zero-order valence-electron chi connectivity index (χ0n) is 26.4. The summed E-state index contributed by atoms with van der Waals surface area (Å²) in [5.74, 6) is -6.69. The normalized spacial score (nSPS) is 27.9. The van der Waals surface area contributed by atoms with Crippen LogP contribution >= 0.6 is 11.6 Å². The van der Waals surface area contributed by atoms with Crippen LogP contribution in [0.1, 0.15) is 55.5 Å².